The molecule has 2 aromatic carbocycles. The molecule has 2 aliphatic carbocycles. The number of hydrogen-bond donors (Lipinski definition) is 1. The molecule has 154 valence electrons. The predicted molar refractivity (Wildman–Crippen MR) is 116 cm³/mol. The largest absolute Gasteiger partial charge is 0.349 e. The molecule has 1 amide bonds. The molecular formula is C25H23N5O. The van der Waals surface area contributed by atoms with E-state index in [1.54, 1.807) is 24.3 Å². The molecule has 3 aromatic rings. The summed E-state index contributed by atoms with van der Waals surface area (Å²) < 4.78 is 2.23. The Kier molecular flexibility index (Phi) is 4.71. The van der Waals surface area contributed by atoms with Crippen LogP contribution in [0.3, 0.4) is 0 Å². The number of imidazole rings is 1. The van der Waals surface area contributed by atoms with Crippen LogP contribution >= 0.6 is 0 Å². The number of carbonyl (C=O) groups excluding carboxylic acids is 1. The molecule has 0 bridgehead atoms. The van der Waals surface area contributed by atoms with Gasteiger partial charge in [0.05, 0.1) is 40.6 Å². The van der Waals surface area contributed by atoms with Crippen molar-refractivity contribution in [2.45, 2.75) is 38.3 Å². The van der Waals surface area contributed by atoms with Gasteiger partial charge in [0.15, 0.2) is 0 Å². The third-order valence-corrected chi connectivity index (χ3v) is 7.08. The summed E-state index contributed by atoms with van der Waals surface area (Å²) in [6, 6.07) is 17.3. The van der Waals surface area contributed by atoms with Crippen molar-refractivity contribution in [2.75, 3.05) is 0 Å². The minimum absolute atomic E-state index is 0.0671. The Morgan fingerprint density at radius 1 is 1.13 bits per heavy atom. The van der Waals surface area contributed by atoms with Crippen LogP contribution in [0.25, 0.3) is 11.0 Å². The molecule has 0 radical (unpaired) electrons. The number of aromatic nitrogens is 2. The number of amides is 1. The zero-order valence-electron chi connectivity index (χ0n) is 17.3. The van der Waals surface area contributed by atoms with Crippen LogP contribution < -0.4 is 5.32 Å². The molecule has 2 saturated carbocycles. The van der Waals surface area contributed by atoms with Gasteiger partial charge in [-0.15, -0.1) is 0 Å². The minimum atomic E-state index is -0.0671. The van der Waals surface area contributed by atoms with Crippen LogP contribution in [0.5, 0.6) is 0 Å². The van der Waals surface area contributed by atoms with Crippen molar-refractivity contribution in [3.05, 3.63) is 65.5 Å². The summed E-state index contributed by atoms with van der Waals surface area (Å²) in [5.41, 5.74) is 3.77. The van der Waals surface area contributed by atoms with Gasteiger partial charge >= 0.3 is 0 Å². The number of nitriles is 2. The summed E-state index contributed by atoms with van der Waals surface area (Å²) in [4.78, 5) is 17.2. The molecule has 31 heavy (non-hydrogen) atoms. The first kappa shape index (κ1) is 19.3. The lowest BCUT2D eigenvalue weighted by molar-refractivity contribution is 0.0927. The second-order valence-corrected chi connectivity index (χ2v) is 8.67. The van der Waals surface area contributed by atoms with Crippen LogP contribution in [0.2, 0.25) is 0 Å². The Morgan fingerprint density at radius 2 is 1.81 bits per heavy atom. The highest BCUT2D eigenvalue weighted by atomic mass is 16.1. The highest BCUT2D eigenvalue weighted by molar-refractivity contribution is 5.94. The van der Waals surface area contributed by atoms with Gasteiger partial charge in [0, 0.05) is 17.6 Å². The number of fused-ring (bicyclic) bond motifs is 2. The molecular weight excluding hydrogens is 386 g/mol. The van der Waals surface area contributed by atoms with E-state index >= 15 is 0 Å². The van der Waals surface area contributed by atoms with Gasteiger partial charge in [0.2, 0.25) is 0 Å². The van der Waals surface area contributed by atoms with Crippen molar-refractivity contribution in [1.29, 1.82) is 10.5 Å². The quantitative estimate of drug-likeness (QED) is 0.684. The smallest absolute Gasteiger partial charge is 0.251 e. The summed E-state index contributed by atoms with van der Waals surface area (Å²) in [7, 11) is 0. The van der Waals surface area contributed by atoms with Gasteiger partial charge < -0.3 is 9.88 Å². The number of nitrogens with zero attached hydrogens (tertiary/aromatic N) is 4. The minimum Gasteiger partial charge on any atom is -0.349 e. The Labute approximate surface area is 181 Å². The van der Waals surface area contributed by atoms with Crippen LogP contribution in [0, 0.1) is 40.4 Å². The summed E-state index contributed by atoms with van der Waals surface area (Å²) in [6.07, 6.45) is 4.98. The van der Waals surface area contributed by atoms with Crippen LogP contribution in [0.1, 0.15) is 53.7 Å². The second kappa shape index (κ2) is 7.56. The van der Waals surface area contributed by atoms with Crippen molar-refractivity contribution in [3.63, 3.8) is 0 Å². The van der Waals surface area contributed by atoms with Gasteiger partial charge in [-0.3, -0.25) is 4.79 Å². The highest BCUT2D eigenvalue weighted by Gasteiger charge is 2.59. The van der Waals surface area contributed by atoms with Gasteiger partial charge in [0.1, 0.15) is 0 Å². The van der Waals surface area contributed by atoms with Crippen LogP contribution in [0.4, 0.5) is 0 Å². The summed E-state index contributed by atoms with van der Waals surface area (Å²) >= 11 is 0. The first-order valence-corrected chi connectivity index (χ1v) is 10.8. The van der Waals surface area contributed by atoms with Gasteiger partial charge in [0.25, 0.3) is 5.91 Å². The Bertz CT molecular complexity index is 1220. The van der Waals surface area contributed by atoms with Gasteiger partial charge in [-0.2, -0.15) is 10.5 Å². The molecule has 6 nitrogen and oxygen atoms in total. The van der Waals surface area contributed by atoms with Crippen molar-refractivity contribution in [1.82, 2.24) is 14.9 Å². The Balaban J connectivity index is 1.25. The van der Waals surface area contributed by atoms with Crippen molar-refractivity contribution in [2.24, 2.45) is 17.8 Å². The van der Waals surface area contributed by atoms with Crippen molar-refractivity contribution >= 4 is 16.9 Å². The highest BCUT2D eigenvalue weighted by Crippen LogP contribution is 2.62. The Morgan fingerprint density at radius 3 is 2.45 bits per heavy atom. The third-order valence-electron chi connectivity index (χ3n) is 7.08. The lowest BCUT2D eigenvalue weighted by Gasteiger charge is -2.22. The fraction of sp³-hybridized carbons (Fsp3) is 0.360. The second-order valence-electron chi connectivity index (χ2n) is 8.67. The fourth-order valence-electron chi connectivity index (χ4n) is 5.49. The van der Waals surface area contributed by atoms with E-state index in [2.05, 4.69) is 33.9 Å². The Hall–Kier alpha value is -3.64. The van der Waals surface area contributed by atoms with Gasteiger partial charge in [-0.25, -0.2) is 4.98 Å². The molecule has 0 aliphatic heterocycles. The first-order chi connectivity index (χ1) is 15.1. The third kappa shape index (κ3) is 3.35. The van der Waals surface area contributed by atoms with Crippen molar-refractivity contribution < 1.29 is 4.79 Å². The number of rotatable bonds is 5. The molecule has 5 atom stereocenters. The standard InChI is InChI=1S/C25H23N5O/c1-2-21(29-25(31)17-6-3-15(12-26)4-7-17)24-19-10-18(11-20(19)24)30-14-28-22-8-5-16(13-27)9-23(22)30/h3-9,14,18-21,24H,2,10-11H2,1H3,(H,29,31)/t18-,19-,20+,21-,24+/m1/s1. The maximum Gasteiger partial charge on any atom is 0.251 e. The van der Waals surface area contributed by atoms with Gasteiger partial charge in [-0.1, -0.05) is 6.92 Å². The maximum absolute atomic E-state index is 12.7. The molecule has 5 rings (SSSR count). The van der Waals surface area contributed by atoms with Crippen LogP contribution in [-0.4, -0.2) is 21.5 Å². The zero-order valence-corrected chi connectivity index (χ0v) is 17.3. The van der Waals surface area contributed by atoms with E-state index in [9.17, 15) is 10.1 Å². The van der Waals surface area contributed by atoms with E-state index in [1.165, 1.54) is 0 Å². The molecule has 0 unspecified atom stereocenters. The number of hydrogen-bond acceptors (Lipinski definition) is 4. The summed E-state index contributed by atoms with van der Waals surface area (Å²) in [5, 5.41) is 21.4. The fourth-order valence-corrected chi connectivity index (χ4v) is 5.49. The lowest BCUT2D eigenvalue weighted by Crippen LogP contribution is -2.37. The van der Waals surface area contributed by atoms with Gasteiger partial charge in [-0.05, 0) is 79.5 Å². The number of nitrogens with one attached hydrogen (secondary N) is 1. The average Bonchev–Trinajstić information content (AvgIpc) is 3.15. The lowest BCUT2D eigenvalue weighted by atomic mass is 9.98. The average molecular weight is 409 g/mol. The van der Waals surface area contributed by atoms with E-state index in [-0.39, 0.29) is 11.9 Å². The molecule has 2 aliphatic rings. The predicted octanol–water partition coefficient (Wildman–Crippen LogP) is 4.19. The maximum atomic E-state index is 12.7. The monoisotopic (exact) mass is 409 g/mol. The summed E-state index contributed by atoms with van der Waals surface area (Å²) in [6.45, 7) is 2.13. The van der Waals surface area contributed by atoms with Crippen LogP contribution in [-0.2, 0) is 0 Å². The first-order valence-electron chi connectivity index (χ1n) is 10.8. The molecule has 0 spiro atoms. The van der Waals surface area contributed by atoms with E-state index < -0.39 is 0 Å². The summed E-state index contributed by atoms with van der Waals surface area (Å²) in [5.74, 6) is 1.69. The van der Waals surface area contributed by atoms with Crippen LogP contribution in [0.15, 0.2) is 48.8 Å². The topological polar surface area (TPSA) is 94.5 Å². The molecule has 1 aromatic heterocycles. The number of carbonyl (C=O) groups is 1. The van der Waals surface area contributed by atoms with Crippen molar-refractivity contribution in [3.8, 4) is 12.1 Å². The van der Waals surface area contributed by atoms with E-state index in [4.69, 9.17) is 5.26 Å². The SMILES string of the molecule is CC[C@@H](NC(=O)c1ccc(C#N)cc1)[C@H]1[C@@H]2C[C@@H](n3cnc4ccc(C#N)cc43)C[C@@H]21. The normalized spacial score (nSPS) is 24.7. The molecule has 0 saturated heterocycles. The van der Waals surface area contributed by atoms with E-state index in [0.29, 0.717) is 40.5 Å². The molecule has 2 fully saturated rings. The number of benzene rings is 2. The molecule has 6 heteroatoms. The van der Waals surface area contributed by atoms with E-state index in [0.717, 1.165) is 30.3 Å². The molecule has 1 N–H and O–H groups in total. The molecule has 1 heterocycles. The zero-order chi connectivity index (χ0) is 21.5. The van der Waals surface area contributed by atoms with E-state index in [1.807, 2.05) is 24.5 Å².